The fraction of sp³-hybridized carbons (Fsp3) is 0.465. The number of aromatic nitrogens is 1. The highest BCUT2D eigenvalue weighted by molar-refractivity contribution is 7.91. The van der Waals surface area contributed by atoms with E-state index in [1.165, 1.54) is 17.0 Å². The molecular formula is C43H48FN5O9S. The lowest BCUT2D eigenvalue weighted by molar-refractivity contribution is -0.141. The van der Waals surface area contributed by atoms with Gasteiger partial charge in [0.05, 0.1) is 17.5 Å². The summed E-state index contributed by atoms with van der Waals surface area (Å²) in [4.78, 5) is 62.4. The fourth-order valence-electron chi connectivity index (χ4n) is 7.99. The number of benzene rings is 2. The van der Waals surface area contributed by atoms with Gasteiger partial charge in [0.25, 0.3) is 5.91 Å². The number of alkyl carbamates (subject to hydrolysis) is 1. The summed E-state index contributed by atoms with van der Waals surface area (Å²) >= 11 is 0. The maximum Gasteiger partial charge on any atom is 0.408 e. The van der Waals surface area contributed by atoms with Crippen LogP contribution in [0.1, 0.15) is 78.6 Å². The Morgan fingerprint density at radius 1 is 1.03 bits per heavy atom. The van der Waals surface area contributed by atoms with E-state index in [4.69, 9.17) is 18.9 Å². The highest BCUT2D eigenvalue weighted by atomic mass is 32.2. The molecule has 4 aliphatic rings. The van der Waals surface area contributed by atoms with Gasteiger partial charge in [-0.2, -0.15) is 0 Å². The second kappa shape index (κ2) is 15.6. The number of para-hydroxylation sites is 1. The summed E-state index contributed by atoms with van der Waals surface area (Å²) in [6.07, 6.45) is 6.29. The number of amides is 4. The smallest absolute Gasteiger partial charge is 0.408 e. The number of carbonyl (C=O) groups is 4. The molecule has 4 aromatic rings. The largest absolute Gasteiger partial charge is 0.484 e. The maximum absolute atomic E-state index is 14.7. The zero-order chi connectivity index (χ0) is 41.7. The topological polar surface area (TPSA) is 186 Å². The van der Waals surface area contributed by atoms with Crippen molar-refractivity contribution in [2.24, 2.45) is 5.92 Å². The van der Waals surface area contributed by atoms with Crippen LogP contribution in [-0.4, -0.2) is 83.2 Å². The Bertz CT molecular complexity index is 2440. The number of nitrogens with zero attached hydrogens (tertiary/aromatic N) is 2. The van der Waals surface area contributed by atoms with Crippen LogP contribution in [0.25, 0.3) is 33.3 Å². The van der Waals surface area contributed by atoms with Crippen LogP contribution in [0.15, 0.2) is 71.2 Å². The van der Waals surface area contributed by atoms with E-state index in [2.05, 4.69) is 15.4 Å². The molecule has 14 nitrogen and oxygen atoms in total. The fourth-order valence-corrected chi connectivity index (χ4v) is 9.35. The summed E-state index contributed by atoms with van der Waals surface area (Å²) in [6.45, 7) is 5.06. The molecule has 16 heteroatoms. The Kier molecular flexibility index (Phi) is 10.6. The predicted octanol–water partition coefficient (Wildman–Crippen LogP) is 6.03. The van der Waals surface area contributed by atoms with E-state index < -0.39 is 80.2 Å². The van der Waals surface area contributed by atoms with Gasteiger partial charge in [-0.05, 0) is 95.7 Å². The minimum atomic E-state index is -3.93. The van der Waals surface area contributed by atoms with Gasteiger partial charge >= 0.3 is 6.09 Å². The van der Waals surface area contributed by atoms with Gasteiger partial charge in [-0.3, -0.25) is 19.1 Å². The number of carbonyl (C=O) groups excluding carboxylic acids is 4. The van der Waals surface area contributed by atoms with Crippen LogP contribution >= 0.6 is 0 Å². The Hall–Kier alpha value is -5.51. The highest BCUT2D eigenvalue weighted by Gasteiger charge is 2.62. The van der Waals surface area contributed by atoms with Crippen molar-refractivity contribution in [3.05, 3.63) is 72.6 Å². The Labute approximate surface area is 341 Å². The molecule has 2 aromatic heterocycles. The summed E-state index contributed by atoms with van der Waals surface area (Å²) in [5, 5.41) is 5.69. The maximum atomic E-state index is 14.7. The van der Waals surface area contributed by atoms with Crippen molar-refractivity contribution < 1.29 is 45.9 Å². The second-order valence-electron chi connectivity index (χ2n) is 17.0. The molecule has 1 saturated heterocycles. The molecule has 5 atom stereocenters. The van der Waals surface area contributed by atoms with E-state index >= 15 is 0 Å². The highest BCUT2D eigenvalue weighted by Crippen LogP contribution is 2.46. The number of pyridine rings is 1. The van der Waals surface area contributed by atoms with E-state index in [1.54, 1.807) is 45.0 Å². The number of rotatable bonds is 7. The molecule has 0 unspecified atom stereocenters. The van der Waals surface area contributed by atoms with Gasteiger partial charge in [0.2, 0.25) is 21.8 Å². The molecule has 2 aromatic carbocycles. The number of hydrogen-bond acceptors (Lipinski definition) is 10. The van der Waals surface area contributed by atoms with Crippen molar-refractivity contribution in [1.29, 1.82) is 0 Å². The van der Waals surface area contributed by atoms with E-state index in [0.29, 0.717) is 53.6 Å². The van der Waals surface area contributed by atoms with Gasteiger partial charge in [0.1, 0.15) is 46.2 Å². The first-order chi connectivity index (χ1) is 28.1. The number of halogens is 1. The zero-order valence-electron chi connectivity index (χ0n) is 33.2. The Morgan fingerprint density at radius 2 is 1.80 bits per heavy atom. The SMILES string of the molecule is CC(C)(C)OC(=O)N[C@H]1CCCCCC=C[C@@H]2C[C@@]2(C(=O)NS(=O)(=O)C2CC2)NC(=O)[C@@H]2C[C@@H](Oc3cc(-c4ccc(F)cc4)nc4c3oc3ccccc34)CN2C1=O. The summed E-state index contributed by atoms with van der Waals surface area (Å²) in [7, 11) is -3.93. The minimum absolute atomic E-state index is 0.0226. The van der Waals surface area contributed by atoms with Crippen LogP contribution in [0.2, 0.25) is 0 Å². The molecule has 2 aliphatic carbocycles. The number of hydrogen-bond donors (Lipinski definition) is 3. The van der Waals surface area contributed by atoms with Crippen molar-refractivity contribution in [3.8, 4) is 17.0 Å². The van der Waals surface area contributed by atoms with Gasteiger partial charge in [-0.25, -0.2) is 22.6 Å². The van der Waals surface area contributed by atoms with Crippen LogP contribution in [0, 0.1) is 11.7 Å². The number of sulfonamides is 1. The Balaban J connectivity index is 1.15. The average molecular weight is 830 g/mol. The second-order valence-corrected chi connectivity index (χ2v) is 18.9. The van der Waals surface area contributed by atoms with Crippen LogP contribution in [-0.2, 0) is 29.1 Å². The van der Waals surface area contributed by atoms with Gasteiger partial charge in [-0.1, -0.05) is 37.1 Å². The third-order valence-electron chi connectivity index (χ3n) is 11.3. The minimum Gasteiger partial charge on any atom is -0.484 e. The van der Waals surface area contributed by atoms with Crippen molar-refractivity contribution in [2.45, 2.75) is 113 Å². The summed E-state index contributed by atoms with van der Waals surface area (Å²) in [5.74, 6) is -2.61. The van der Waals surface area contributed by atoms with Crippen LogP contribution in [0.5, 0.6) is 5.75 Å². The van der Waals surface area contributed by atoms with Gasteiger partial charge in [0, 0.05) is 29.4 Å². The predicted molar refractivity (Wildman–Crippen MR) is 216 cm³/mol. The van der Waals surface area contributed by atoms with E-state index in [1.807, 2.05) is 30.4 Å². The number of fused-ring (bicyclic) bond motifs is 5. The first kappa shape index (κ1) is 40.3. The van der Waals surface area contributed by atoms with Crippen LogP contribution in [0.4, 0.5) is 9.18 Å². The van der Waals surface area contributed by atoms with Crippen molar-refractivity contribution in [1.82, 2.24) is 25.2 Å². The number of allylic oxidation sites excluding steroid dienone is 1. The molecular weight excluding hydrogens is 782 g/mol. The Morgan fingerprint density at radius 3 is 2.54 bits per heavy atom. The molecule has 4 amide bonds. The monoisotopic (exact) mass is 829 g/mol. The third kappa shape index (κ3) is 8.63. The molecule has 0 spiro atoms. The molecule has 0 bridgehead atoms. The van der Waals surface area contributed by atoms with Crippen molar-refractivity contribution in [3.63, 3.8) is 0 Å². The standard InChI is InChI=1S/C43H48FN5O9S/c1-42(2,3)58-41(53)46-31-13-8-6-4-5-7-11-26-23-43(26,40(52)48-59(54,55)29-19-20-29)47-38(50)33-21-28(24-49(33)39(31)51)56-35-22-32(25-15-17-27(44)18-16-25)45-36-30-12-9-10-14-34(30)57-37(35)36/h7,9-12,14-18,22,26,28-29,31,33H,4-6,8,13,19-21,23-24H2,1-3H3,(H,46,53)(H,47,50)(H,48,52)/t26-,28-,31+,33+,43-/m1/s1. The average Bonchev–Trinajstić information content (AvgIpc) is 4.08. The molecule has 59 heavy (non-hydrogen) atoms. The molecule has 8 rings (SSSR count). The molecule has 4 heterocycles. The van der Waals surface area contributed by atoms with Gasteiger partial charge in [0.15, 0.2) is 11.3 Å². The van der Waals surface area contributed by atoms with Crippen molar-refractivity contribution >= 4 is 55.9 Å². The van der Waals surface area contributed by atoms with Crippen LogP contribution < -0.4 is 20.1 Å². The molecule has 0 radical (unpaired) electrons. The van der Waals surface area contributed by atoms with E-state index in [0.717, 1.165) is 18.2 Å². The number of furan rings is 1. The van der Waals surface area contributed by atoms with Gasteiger partial charge in [-0.15, -0.1) is 0 Å². The lowest BCUT2D eigenvalue weighted by atomic mass is 10.0. The normalized spacial score (nSPS) is 25.3. The zero-order valence-corrected chi connectivity index (χ0v) is 34.0. The number of nitrogens with one attached hydrogen (secondary N) is 3. The summed E-state index contributed by atoms with van der Waals surface area (Å²) < 4.78 is 60.4. The third-order valence-corrected chi connectivity index (χ3v) is 13.1. The van der Waals surface area contributed by atoms with Crippen molar-refractivity contribution in [2.75, 3.05) is 6.54 Å². The number of ether oxygens (including phenoxy) is 2. The first-order valence-electron chi connectivity index (χ1n) is 20.2. The van der Waals surface area contributed by atoms with Crippen LogP contribution in [0.3, 0.4) is 0 Å². The molecule has 3 fully saturated rings. The van der Waals surface area contributed by atoms with E-state index in [-0.39, 0.29) is 31.6 Å². The lowest BCUT2D eigenvalue weighted by Crippen LogP contribution is -2.58. The van der Waals surface area contributed by atoms with Gasteiger partial charge < -0.3 is 29.4 Å². The first-order valence-corrected chi connectivity index (χ1v) is 21.7. The molecule has 2 aliphatic heterocycles. The molecule has 312 valence electrons. The molecule has 3 N–H and O–H groups in total. The quantitative estimate of drug-likeness (QED) is 0.186. The van der Waals surface area contributed by atoms with E-state index in [9.17, 15) is 32.0 Å². The molecule has 2 saturated carbocycles. The summed E-state index contributed by atoms with van der Waals surface area (Å²) in [5.41, 5.74) is 0.104. The summed E-state index contributed by atoms with van der Waals surface area (Å²) in [6, 6.07) is 12.6. The lowest BCUT2D eigenvalue weighted by Gasteiger charge is -2.30.